The SMILES string of the molecule is O=C1CSC(c2cccnc2Nc2ccccc2)=N1. The van der Waals surface area contributed by atoms with Gasteiger partial charge in [-0.15, -0.1) is 0 Å². The van der Waals surface area contributed by atoms with Crippen LogP contribution < -0.4 is 5.32 Å². The lowest BCUT2D eigenvalue weighted by atomic mass is 10.2. The number of nitrogens with one attached hydrogen (secondary N) is 1. The molecule has 94 valence electrons. The Morgan fingerprint density at radius 3 is 2.68 bits per heavy atom. The lowest BCUT2D eigenvalue weighted by Gasteiger charge is -2.09. The maximum atomic E-state index is 11.2. The first kappa shape index (κ1) is 11.9. The summed E-state index contributed by atoms with van der Waals surface area (Å²) in [4.78, 5) is 19.6. The van der Waals surface area contributed by atoms with E-state index < -0.39 is 0 Å². The molecule has 1 aromatic heterocycles. The maximum absolute atomic E-state index is 11.2. The van der Waals surface area contributed by atoms with Gasteiger partial charge in [0.25, 0.3) is 5.91 Å². The molecule has 0 bridgehead atoms. The number of rotatable bonds is 3. The van der Waals surface area contributed by atoms with E-state index in [1.807, 2.05) is 42.5 Å². The molecule has 3 rings (SSSR count). The van der Waals surface area contributed by atoms with Crippen LogP contribution in [0, 0.1) is 0 Å². The van der Waals surface area contributed by atoms with Gasteiger partial charge in [0, 0.05) is 17.4 Å². The van der Waals surface area contributed by atoms with Crippen LogP contribution in [0.2, 0.25) is 0 Å². The number of para-hydroxylation sites is 1. The van der Waals surface area contributed by atoms with Gasteiger partial charge in [-0.1, -0.05) is 30.0 Å². The molecule has 2 aromatic rings. The summed E-state index contributed by atoms with van der Waals surface area (Å²) in [6.45, 7) is 0. The van der Waals surface area contributed by atoms with Crippen LogP contribution in [0.3, 0.4) is 0 Å². The van der Waals surface area contributed by atoms with Gasteiger partial charge < -0.3 is 5.32 Å². The van der Waals surface area contributed by atoms with Gasteiger partial charge in [0.05, 0.1) is 5.75 Å². The van der Waals surface area contributed by atoms with E-state index in [1.54, 1.807) is 6.20 Å². The van der Waals surface area contributed by atoms with Crippen LogP contribution in [0.25, 0.3) is 0 Å². The van der Waals surface area contributed by atoms with E-state index in [9.17, 15) is 4.79 Å². The van der Waals surface area contributed by atoms with E-state index in [4.69, 9.17) is 0 Å². The minimum absolute atomic E-state index is 0.0884. The van der Waals surface area contributed by atoms with Gasteiger partial charge >= 0.3 is 0 Å². The second-order valence-electron chi connectivity index (χ2n) is 3.99. The molecular weight excluding hydrogens is 258 g/mol. The van der Waals surface area contributed by atoms with Gasteiger partial charge in [0.15, 0.2) is 0 Å². The van der Waals surface area contributed by atoms with Gasteiger partial charge in [-0.25, -0.2) is 9.98 Å². The highest BCUT2D eigenvalue weighted by Gasteiger charge is 2.19. The van der Waals surface area contributed by atoms with Gasteiger partial charge in [0.2, 0.25) is 0 Å². The van der Waals surface area contributed by atoms with Crippen molar-refractivity contribution in [1.29, 1.82) is 0 Å². The lowest BCUT2D eigenvalue weighted by Crippen LogP contribution is -2.02. The number of carbonyl (C=O) groups excluding carboxylic acids is 1. The molecule has 0 saturated carbocycles. The molecule has 1 N–H and O–H groups in total. The predicted octanol–water partition coefficient (Wildman–Crippen LogP) is 2.85. The summed E-state index contributed by atoms with van der Waals surface area (Å²) in [7, 11) is 0. The molecule has 0 unspecified atom stereocenters. The van der Waals surface area contributed by atoms with Gasteiger partial charge in [-0.2, -0.15) is 0 Å². The van der Waals surface area contributed by atoms with Crippen molar-refractivity contribution in [2.75, 3.05) is 11.1 Å². The second kappa shape index (κ2) is 5.24. The molecule has 1 aliphatic rings. The molecule has 0 fully saturated rings. The zero-order chi connectivity index (χ0) is 13.1. The van der Waals surface area contributed by atoms with E-state index in [2.05, 4.69) is 15.3 Å². The minimum atomic E-state index is -0.0884. The number of hydrogen-bond donors (Lipinski definition) is 1. The summed E-state index contributed by atoms with van der Waals surface area (Å²) in [6.07, 6.45) is 1.72. The van der Waals surface area contributed by atoms with Gasteiger partial charge in [-0.3, -0.25) is 4.79 Å². The summed E-state index contributed by atoms with van der Waals surface area (Å²) in [5.74, 6) is 1.04. The van der Waals surface area contributed by atoms with E-state index in [0.717, 1.165) is 22.1 Å². The first-order chi connectivity index (χ1) is 9.33. The van der Waals surface area contributed by atoms with Crippen molar-refractivity contribution in [2.45, 2.75) is 0 Å². The van der Waals surface area contributed by atoms with Crippen LogP contribution in [-0.4, -0.2) is 21.7 Å². The minimum Gasteiger partial charge on any atom is -0.340 e. The molecule has 0 radical (unpaired) electrons. The molecule has 0 aliphatic carbocycles. The van der Waals surface area contributed by atoms with Crippen molar-refractivity contribution in [3.05, 3.63) is 54.2 Å². The number of nitrogens with zero attached hydrogens (tertiary/aromatic N) is 2. The number of amides is 1. The first-order valence-corrected chi connectivity index (χ1v) is 6.83. The number of benzene rings is 1. The highest BCUT2D eigenvalue weighted by Crippen LogP contribution is 2.26. The van der Waals surface area contributed by atoms with Crippen molar-refractivity contribution in [2.24, 2.45) is 4.99 Å². The molecule has 1 aromatic carbocycles. The first-order valence-electron chi connectivity index (χ1n) is 5.85. The molecule has 0 spiro atoms. The second-order valence-corrected chi connectivity index (χ2v) is 4.95. The van der Waals surface area contributed by atoms with Crippen molar-refractivity contribution in [1.82, 2.24) is 4.98 Å². The Labute approximate surface area is 115 Å². The fourth-order valence-corrected chi connectivity index (χ4v) is 2.59. The Morgan fingerprint density at radius 2 is 1.95 bits per heavy atom. The molecule has 2 heterocycles. The van der Waals surface area contributed by atoms with Gasteiger partial charge in [0.1, 0.15) is 10.9 Å². The fraction of sp³-hybridized carbons (Fsp3) is 0.0714. The Balaban J connectivity index is 1.94. The number of pyridine rings is 1. The summed E-state index contributed by atoms with van der Waals surface area (Å²) in [6, 6.07) is 13.6. The number of aliphatic imine (C=N–C) groups is 1. The third-order valence-electron chi connectivity index (χ3n) is 2.63. The lowest BCUT2D eigenvalue weighted by molar-refractivity contribution is -0.115. The number of anilines is 2. The summed E-state index contributed by atoms with van der Waals surface area (Å²) in [5, 5.41) is 3.98. The highest BCUT2D eigenvalue weighted by molar-refractivity contribution is 8.15. The molecule has 1 amide bonds. The number of hydrogen-bond acceptors (Lipinski definition) is 4. The van der Waals surface area contributed by atoms with Crippen LogP contribution in [0.5, 0.6) is 0 Å². The van der Waals surface area contributed by atoms with Gasteiger partial charge in [-0.05, 0) is 24.3 Å². The summed E-state index contributed by atoms with van der Waals surface area (Å²) < 4.78 is 0. The Hall–Kier alpha value is -2.14. The molecule has 5 heteroatoms. The normalized spacial score (nSPS) is 14.3. The van der Waals surface area contributed by atoms with E-state index in [-0.39, 0.29) is 5.91 Å². The highest BCUT2D eigenvalue weighted by atomic mass is 32.2. The topological polar surface area (TPSA) is 54.4 Å². The maximum Gasteiger partial charge on any atom is 0.257 e. The molecule has 0 atom stereocenters. The van der Waals surface area contributed by atoms with Crippen molar-refractivity contribution in [3.63, 3.8) is 0 Å². The smallest absolute Gasteiger partial charge is 0.257 e. The average Bonchev–Trinajstić information content (AvgIpc) is 2.87. The van der Waals surface area contributed by atoms with Crippen molar-refractivity contribution < 1.29 is 4.79 Å². The number of carbonyl (C=O) groups is 1. The molecule has 4 nitrogen and oxygen atoms in total. The van der Waals surface area contributed by atoms with Crippen LogP contribution >= 0.6 is 11.8 Å². The summed E-state index contributed by atoms with van der Waals surface area (Å²) >= 11 is 1.45. The molecule has 19 heavy (non-hydrogen) atoms. The molecule has 1 aliphatic heterocycles. The van der Waals surface area contributed by atoms with Crippen LogP contribution in [0.1, 0.15) is 5.56 Å². The standard InChI is InChI=1S/C14H11N3OS/c18-12-9-19-14(17-12)11-7-4-8-15-13(11)16-10-5-2-1-3-6-10/h1-8H,9H2,(H,15,16). The fourth-order valence-electron chi connectivity index (χ4n) is 1.78. The third kappa shape index (κ3) is 2.66. The van der Waals surface area contributed by atoms with Crippen molar-refractivity contribution >= 4 is 34.2 Å². The number of thioether (sulfide) groups is 1. The molecular formula is C14H11N3OS. The number of aromatic nitrogens is 1. The Kier molecular flexibility index (Phi) is 3.29. The zero-order valence-electron chi connectivity index (χ0n) is 10.0. The summed E-state index contributed by atoms with van der Waals surface area (Å²) in [5.41, 5.74) is 1.82. The zero-order valence-corrected chi connectivity index (χ0v) is 10.9. The van der Waals surface area contributed by atoms with E-state index in [1.165, 1.54) is 11.8 Å². The van der Waals surface area contributed by atoms with E-state index in [0.29, 0.717) is 5.75 Å². The third-order valence-corrected chi connectivity index (χ3v) is 3.61. The Bertz CT molecular complexity index is 640. The quantitative estimate of drug-likeness (QED) is 0.931. The van der Waals surface area contributed by atoms with Crippen LogP contribution in [0.15, 0.2) is 53.7 Å². The predicted molar refractivity (Wildman–Crippen MR) is 78.0 cm³/mol. The monoisotopic (exact) mass is 269 g/mol. The average molecular weight is 269 g/mol. The largest absolute Gasteiger partial charge is 0.340 e. The van der Waals surface area contributed by atoms with Crippen LogP contribution in [-0.2, 0) is 4.79 Å². The van der Waals surface area contributed by atoms with Crippen LogP contribution in [0.4, 0.5) is 11.5 Å². The molecule has 0 saturated heterocycles. The Morgan fingerprint density at radius 1 is 1.11 bits per heavy atom. The van der Waals surface area contributed by atoms with E-state index >= 15 is 0 Å². The van der Waals surface area contributed by atoms with Crippen molar-refractivity contribution in [3.8, 4) is 0 Å².